The fraction of sp³-hybridized carbons (Fsp3) is 0.300. The van der Waals surface area contributed by atoms with E-state index in [1.165, 1.54) is 17.5 Å². The Kier molecular flexibility index (Phi) is 18.5. The summed E-state index contributed by atoms with van der Waals surface area (Å²) >= 11 is 0. The van der Waals surface area contributed by atoms with Crippen molar-refractivity contribution in [2.24, 2.45) is 0 Å². The van der Waals surface area contributed by atoms with Crippen molar-refractivity contribution in [1.82, 2.24) is 19.7 Å². The van der Waals surface area contributed by atoms with Gasteiger partial charge < -0.3 is 19.9 Å². The molecule has 252 valence electrons. The molecule has 1 aliphatic heterocycles. The monoisotopic (exact) mass is 646 g/mol. The SMILES string of the molecule is C#C.C#C.C#C.C=COc1ccc(N2CCN(c3ccc(-n4cnn(C(C)C(C)NC(C)c5ccccc5)c4=O)cc3)CC2)cc1.CC. The highest BCUT2D eigenvalue weighted by atomic mass is 16.5. The smallest absolute Gasteiger partial charge is 0.350 e. The first-order valence-electron chi connectivity index (χ1n) is 15.9. The van der Waals surface area contributed by atoms with Gasteiger partial charge in [0.05, 0.1) is 18.0 Å². The third-order valence-corrected chi connectivity index (χ3v) is 7.81. The van der Waals surface area contributed by atoms with Crippen molar-refractivity contribution in [2.45, 2.75) is 52.7 Å². The van der Waals surface area contributed by atoms with E-state index in [9.17, 15) is 4.79 Å². The van der Waals surface area contributed by atoms with Gasteiger partial charge in [0, 0.05) is 49.6 Å². The summed E-state index contributed by atoms with van der Waals surface area (Å²) < 4.78 is 8.52. The molecule has 1 fully saturated rings. The van der Waals surface area contributed by atoms with Crippen molar-refractivity contribution < 1.29 is 4.74 Å². The van der Waals surface area contributed by atoms with Crippen molar-refractivity contribution in [1.29, 1.82) is 0 Å². The van der Waals surface area contributed by atoms with Gasteiger partial charge in [0.1, 0.15) is 12.1 Å². The first kappa shape index (κ1) is 40.4. The van der Waals surface area contributed by atoms with Crippen LogP contribution in [0.5, 0.6) is 5.75 Å². The minimum absolute atomic E-state index is 0.0516. The molecule has 8 heteroatoms. The fourth-order valence-electron chi connectivity index (χ4n) is 5.23. The van der Waals surface area contributed by atoms with Gasteiger partial charge in [-0.1, -0.05) is 50.8 Å². The normalized spacial score (nSPS) is 13.5. The summed E-state index contributed by atoms with van der Waals surface area (Å²) in [6.07, 6.45) is 27.1. The molecule has 0 aliphatic carbocycles. The van der Waals surface area contributed by atoms with Crippen LogP contribution in [0.4, 0.5) is 11.4 Å². The maximum Gasteiger partial charge on any atom is 0.350 e. The number of benzene rings is 3. The van der Waals surface area contributed by atoms with Gasteiger partial charge >= 0.3 is 5.69 Å². The number of ether oxygens (including phenoxy) is 1. The first-order chi connectivity index (χ1) is 23.4. The number of anilines is 2. The largest absolute Gasteiger partial charge is 0.466 e. The van der Waals surface area contributed by atoms with E-state index >= 15 is 0 Å². The average Bonchev–Trinajstić information content (AvgIpc) is 3.56. The van der Waals surface area contributed by atoms with Crippen molar-refractivity contribution >= 4 is 11.4 Å². The molecular weight excluding hydrogens is 596 g/mol. The molecule has 3 unspecified atom stereocenters. The molecule has 0 saturated carbocycles. The van der Waals surface area contributed by atoms with E-state index in [0.717, 1.165) is 43.3 Å². The molecule has 48 heavy (non-hydrogen) atoms. The zero-order valence-electron chi connectivity index (χ0n) is 28.9. The number of aromatic nitrogens is 3. The summed E-state index contributed by atoms with van der Waals surface area (Å²) in [6, 6.07) is 26.7. The van der Waals surface area contributed by atoms with Crippen molar-refractivity contribution in [3.63, 3.8) is 0 Å². The van der Waals surface area contributed by atoms with Gasteiger partial charge in [0.15, 0.2) is 0 Å². The van der Waals surface area contributed by atoms with Crippen LogP contribution in [0.2, 0.25) is 0 Å². The predicted octanol–water partition coefficient (Wildman–Crippen LogP) is 6.96. The maximum atomic E-state index is 13.3. The summed E-state index contributed by atoms with van der Waals surface area (Å²) in [5.41, 5.74) is 4.23. The summed E-state index contributed by atoms with van der Waals surface area (Å²) in [5.74, 6) is 0.792. The highest BCUT2D eigenvalue weighted by Crippen LogP contribution is 2.24. The van der Waals surface area contributed by atoms with Crippen LogP contribution in [-0.4, -0.2) is 46.6 Å². The molecule has 1 aromatic heterocycles. The summed E-state index contributed by atoms with van der Waals surface area (Å²) in [5, 5.41) is 8.07. The molecule has 1 N–H and O–H groups in total. The molecule has 2 heterocycles. The van der Waals surface area contributed by atoms with Gasteiger partial charge in [-0.15, -0.1) is 38.5 Å². The summed E-state index contributed by atoms with van der Waals surface area (Å²) in [6.45, 7) is 17.6. The van der Waals surface area contributed by atoms with Gasteiger partial charge in [-0.2, -0.15) is 5.10 Å². The number of hydrogen-bond acceptors (Lipinski definition) is 6. The van der Waals surface area contributed by atoms with Crippen LogP contribution in [0.3, 0.4) is 0 Å². The van der Waals surface area contributed by atoms with E-state index in [-0.39, 0.29) is 23.8 Å². The van der Waals surface area contributed by atoms with Gasteiger partial charge in [-0.05, 0) is 74.9 Å². The Bertz CT molecular complexity index is 1560. The second kappa shape index (κ2) is 22.0. The van der Waals surface area contributed by atoms with Crippen LogP contribution in [-0.2, 0) is 0 Å². The van der Waals surface area contributed by atoms with Gasteiger partial charge in [-0.25, -0.2) is 14.0 Å². The Labute approximate surface area is 288 Å². The maximum absolute atomic E-state index is 13.3. The van der Waals surface area contributed by atoms with Crippen molar-refractivity contribution in [3.8, 4) is 50.0 Å². The molecule has 8 nitrogen and oxygen atoms in total. The Morgan fingerprint density at radius 3 is 1.69 bits per heavy atom. The Hall–Kier alpha value is -5.62. The minimum Gasteiger partial charge on any atom is -0.466 e. The molecule has 1 saturated heterocycles. The van der Waals surface area contributed by atoms with Gasteiger partial charge in [0.2, 0.25) is 0 Å². The zero-order valence-corrected chi connectivity index (χ0v) is 28.9. The molecular formula is C40H50N6O2. The number of rotatable bonds is 10. The van der Waals surface area contributed by atoms with E-state index in [0.29, 0.717) is 0 Å². The van der Waals surface area contributed by atoms with Crippen molar-refractivity contribution in [3.05, 3.63) is 114 Å². The number of hydrogen-bond donors (Lipinski definition) is 1. The van der Waals surface area contributed by atoms with E-state index < -0.39 is 0 Å². The van der Waals surface area contributed by atoms with E-state index in [4.69, 9.17) is 4.74 Å². The minimum atomic E-state index is -0.139. The average molecular weight is 647 g/mol. The summed E-state index contributed by atoms with van der Waals surface area (Å²) in [4.78, 5) is 18.1. The Morgan fingerprint density at radius 1 is 0.750 bits per heavy atom. The van der Waals surface area contributed by atoms with E-state index in [2.05, 4.69) is 116 Å². The Balaban J connectivity index is 0.00000134. The lowest BCUT2D eigenvalue weighted by atomic mass is 10.1. The molecule has 1 aliphatic rings. The van der Waals surface area contributed by atoms with Crippen LogP contribution in [0.25, 0.3) is 5.69 Å². The second-order valence-corrected chi connectivity index (χ2v) is 10.3. The molecule has 3 atom stereocenters. The van der Waals surface area contributed by atoms with Crippen LogP contribution < -0.4 is 25.5 Å². The standard InChI is InChI=1S/C32H38N6O2.C2H6.3C2H2/c1-5-40-31-17-15-29(16-18-31)36-21-19-35(20-22-36)28-11-13-30(14-12-28)37-23-33-38(32(37)39)26(4)24(2)34-25(3)27-9-7-6-8-10-27;4*1-2/h5-18,23-26,34H,1,19-22H2,2-4H3;1-2H3;3*1-2H. The molecule has 5 rings (SSSR count). The van der Waals surface area contributed by atoms with Crippen LogP contribution in [0.1, 0.15) is 52.3 Å². The summed E-state index contributed by atoms with van der Waals surface area (Å²) in [7, 11) is 0. The lowest BCUT2D eigenvalue weighted by molar-refractivity contribution is 0.334. The third kappa shape index (κ3) is 10.7. The first-order valence-corrected chi connectivity index (χ1v) is 15.9. The van der Waals surface area contributed by atoms with Gasteiger partial charge in [-0.3, -0.25) is 0 Å². The highest BCUT2D eigenvalue weighted by molar-refractivity contribution is 5.54. The van der Waals surface area contributed by atoms with Gasteiger partial charge in [0.25, 0.3) is 0 Å². The topological polar surface area (TPSA) is 67.6 Å². The van der Waals surface area contributed by atoms with Crippen LogP contribution in [0, 0.1) is 38.5 Å². The molecule has 0 radical (unpaired) electrons. The lowest BCUT2D eigenvalue weighted by Gasteiger charge is -2.37. The van der Waals surface area contributed by atoms with Crippen LogP contribution in [0.15, 0.2) is 103 Å². The molecule has 0 bridgehead atoms. The number of nitrogens with one attached hydrogen (secondary N) is 1. The molecule has 0 spiro atoms. The molecule has 3 aromatic carbocycles. The number of piperazine rings is 1. The lowest BCUT2D eigenvalue weighted by Crippen LogP contribution is -2.46. The highest BCUT2D eigenvalue weighted by Gasteiger charge is 2.22. The van der Waals surface area contributed by atoms with E-state index in [1.807, 2.05) is 63.2 Å². The van der Waals surface area contributed by atoms with Crippen molar-refractivity contribution in [2.75, 3.05) is 36.0 Å². The zero-order chi connectivity index (χ0) is 36.1. The quantitative estimate of drug-likeness (QED) is 0.149. The molecule has 0 amide bonds. The van der Waals surface area contributed by atoms with Crippen LogP contribution >= 0.6 is 0 Å². The number of nitrogens with zero attached hydrogens (tertiary/aromatic N) is 5. The fourth-order valence-corrected chi connectivity index (χ4v) is 5.23. The Morgan fingerprint density at radius 2 is 1.21 bits per heavy atom. The van der Waals surface area contributed by atoms with E-state index in [1.54, 1.807) is 15.6 Å². The third-order valence-electron chi connectivity index (χ3n) is 7.81. The molecule has 4 aromatic rings. The predicted molar refractivity (Wildman–Crippen MR) is 203 cm³/mol. The number of terminal acetylenes is 3. The second-order valence-electron chi connectivity index (χ2n) is 10.3.